The van der Waals surface area contributed by atoms with E-state index in [9.17, 15) is 0 Å². The quantitative estimate of drug-likeness (QED) is 0.172. The average Bonchev–Trinajstić information content (AvgIpc) is 3.39. The van der Waals surface area contributed by atoms with E-state index in [0.717, 1.165) is 0 Å². The Balaban J connectivity index is 1.29. The fraction of sp³-hybridized carbons (Fsp3) is 0.0612. The van der Waals surface area contributed by atoms with Crippen molar-refractivity contribution >= 4 is 43.1 Å². The summed E-state index contributed by atoms with van der Waals surface area (Å²) in [5, 5.41) is 10.2. The van der Waals surface area contributed by atoms with Gasteiger partial charge in [-0.05, 0) is 117 Å². The van der Waals surface area contributed by atoms with Crippen LogP contribution < -0.4 is 0 Å². The minimum atomic E-state index is -0.0552. The van der Waals surface area contributed by atoms with Gasteiger partial charge in [-0.15, -0.1) is 0 Å². The zero-order valence-corrected chi connectivity index (χ0v) is 27.7. The lowest BCUT2D eigenvalue weighted by Gasteiger charge is -2.22. The van der Waals surface area contributed by atoms with E-state index in [1.807, 2.05) is 0 Å². The SMILES string of the molecule is CC1(C)c2ccccc2-c2c(-c3cc(-c4c5ccccc5c(-c5ccc6ccccc6c5)c5ccccc45)cc4ccccc34)cccc21. The smallest absolute Gasteiger partial charge is 0.0159 e. The van der Waals surface area contributed by atoms with Crippen LogP contribution in [-0.2, 0) is 5.41 Å². The number of hydrogen-bond acceptors (Lipinski definition) is 0. The van der Waals surface area contributed by atoms with Crippen LogP contribution in [0.3, 0.4) is 0 Å². The van der Waals surface area contributed by atoms with Crippen molar-refractivity contribution in [3.8, 4) is 44.5 Å². The number of rotatable bonds is 3. The molecule has 0 unspecified atom stereocenters. The van der Waals surface area contributed by atoms with E-state index in [1.165, 1.54) is 98.7 Å². The fourth-order valence-corrected chi connectivity index (χ4v) is 8.75. The Labute approximate surface area is 286 Å². The second-order valence-corrected chi connectivity index (χ2v) is 14.0. The molecule has 1 aliphatic rings. The first kappa shape index (κ1) is 28.1. The Kier molecular flexibility index (Phi) is 6.02. The van der Waals surface area contributed by atoms with E-state index in [0.29, 0.717) is 0 Å². The monoisotopic (exact) mass is 622 g/mol. The highest BCUT2D eigenvalue weighted by Gasteiger charge is 2.36. The summed E-state index contributed by atoms with van der Waals surface area (Å²) in [4.78, 5) is 0. The number of benzene rings is 9. The van der Waals surface area contributed by atoms with Crippen molar-refractivity contribution in [1.82, 2.24) is 0 Å². The summed E-state index contributed by atoms with van der Waals surface area (Å²) in [5.41, 5.74) is 13.1. The Morgan fingerprint density at radius 2 is 0.816 bits per heavy atom. The summed E-state index contributed by atoms with van der Waals surface area (Å²) in [7, 11) is 0. The van der Waals surface area contributed by atoms with Gasteiger partial charge in [-0.25, -0.2) is 0 Å². The number of hydrogen-bond donors (Lipinski definition) is 0. The van der Waals surface area contributed by atoms with Gasteiger partial charge in [0.05, 0.1) is 0 Å². The van der Waals surface area contributed by atoms with Crippen LogP contribution in [0.1, 0.15) is 25.0 Å². The molecule has 0 radical (unpaired) electrons. The van der Waals surface area contributed by atoms with Crippen molar-refractivity contribution in [2.24, 2.45) is 0 Å². The van der Waals surface area contributed by atoms with Crippen molar-refractivity contribution in [3.63, 3.8) is 0 Å². The van der Waals surface area contributed by atoms with Crippen LogP contribution in [0.15, 0.2) is 170 Å². The highest BCUT2D eigenvalue weighted by atomic mass is 14.4. The Morgan fingerprint density at radius 3 is 1.53 bits per heavy atom. The molecule has 0 saturated carbocycles. The van der Waals surface area contributed by atoms with Crippen LogP contribution in [0.4, 0.5) is 0 Å². The molecule has 0 heteroatoms. The van der Waals surface area contributed by atoms with E-state index in [1.54, 1.807) is 0 Å². The third-order valence-electron chi connectivity index (χ3n) is 11.0. The second-order valence-electron chi connectivity index (χ2n) is 14.0. The van der Waals surface area contributed by atoms with Gasteiger partial charge in [0, 0.05) is 5.41 Å². The highest BCUT2D eigenvalue weighted by molar-refractivity contribution is 6.22. The zero-order valence-electron chi connectivity index (χ0n) is 27.7. The summed E-state index contributed by atoms with van der Waals surface area (Å²) >= 11 is 0. The molecule has 1 aliphatic carbocycles. The zero-order chi connectivity index (χ0) is 32.7. The summed E-state index contributed by atoms with van der Waals surface area (Å²) in [6.07, 6.45) is 0. The van der Waals surface area contributed by atoms with Gasteiger partial charge < -0.3 is 0 Å². The highest BCUT2D eigenvalue weighted by Crippen LogP contribution is 2.53. The van der Waals surface area contributed by atoms with Gasteiger partial charge >= 0.3 is 0 Å². The minimum Gasteiger partial charge on any atom is -0.0619 e. The molecule has 49 heavy (non-hydrogen) atoms. The molecule has 10 rings (SSSR count). The molecule has 0 nitrogen and oxygen atoms in total. The molecule has 0 fully saturated rings. The maximum Gasteiger partial charge on any atom is 0.0159 e. The van der Waals surface area contributed by atoms with Crippen LogP contribution in [0.2, 0.25) is 0 Å². The van der Waals surface area contributed by atoms with E-state index in [4.69, 9.17) is 0 Å². The predicted molar refractivity (Wildman–Crippen MR) is 210 cm³/mol. The van der Waals surface area contributed by atoms with Crippen molar-refractivity contribution in [2.75, 3.05) is 0 Å². The molecule has 230 valence electrons. The molecule has 0 heterocycles. The first-order valence-electron chi connectivity index (χ1n) is 17.3. The lowest BCUT2D eigenvalue weighted by atomic mass is 9.81. The molecule has 0 spiro atoms. The largest absolute Gasteiger partial charge is 0.0619 e. The normalized spacial score (nSPS) is 13.3. The molecular formula is C49H34. The van der Waals surface area contributed by atoms with Gasteiger partial charge in [0.15, 0.2) is 0 Å². The molecular weight excluding hydrogens is 589 g/mol. The maximum atomic E-state index is 2.47. The summed E-state index contributed by atoms with van der Waals surface area (Å²) in [5.74, 6) is 0. The second kappa shape index (κ2) is 10.5. The van der Waals surface area contributed by atoms with Crippen LogP contribution in [0.25, 0.3) is 87.6 Å². The predicted octanol–water partition coefficient (Wildman–Crippen LogP) is 13.6. The molecule has 0 N–H and O–H groups in total. The van der Waals surface area contributed by atoms with Crippen molar-refractivity contribution < 1.29 is 0 Å². The number of fused-ring (bicyclic) bond motifs is 7. The molecule has 0 saturated heterocycles. The lowest BCUT2D eigenvalue weighted by Crippen LogP contribution is -2.14. The fourth-order valence-electron chi connectivity index (χ4n) is 8.75. The molecule has 9 aromatic carbocycles. The van der Waals surface area contributed by atoms with Crippen molar-refractivity contribution in [1.29, 1.82) is 0 Å². The molecule has 0 amide bonds. The third kappa shape index (κ3) is 4.11. The molecule has 0 aliphatic heterocycles. The Hall–Kier alpha value is -5.98. The lowest BCUT2D eigenvalue weighted by molar-refractivity contribution is 0.660. The standard InChI is InChI=1S/C49H34/c1-49(2)44-24-12-11-22-42(44)48-41(23-13-25-45(48)49)43-30-35(29-33-16-5-6-17-36(33)43)47-39-20-9-7-18-37(39)46(38-19-8-10-21-40(38)47)34-27-26-31-14-3-4-15-32(31)28-34/h3-30H,1-2H3. The van der Waals surface area contributed by atoms with E-state index in [2.05, 4.69) is 184 Å². The van der Waals surface area contributed by atoms with Gasteiger partial charge in [0.1, 0.15) is 0 Å². The van der Waals surface area contributed by atoms with Crippen LogP contribution in [0.5, 0.6) is 0 Å². The van der Waals surface area contributed by atoms with E-state index in [-0.39, 0.29) is 5.41 Å². The van der Waals surface area contributed by atoms with Gasteiger partial charge in [-0.3, -0.25) is 0 Å². The van der Waals surface area contributed by atoms with Gasteiger partial charge in [-0.2, -0.15) is 0 Å². The topological polar surface area (TPSA) is 0 Å². The molecule has 0 atom stereocenters. The Bertz CT molecular complexity index is 2740. The van der Waals surface area contributed by atoms with E-state index < -0.39 is 0 Å². The van der Waals surface area contributed by atoms with Crippen LogP contribution >= 0.6 is 0 Å². The summed E-state index contributed by atoms with van der Waals surface area (Å²) in [6.45, 7) is 4.73. The third-order valence-corrected chi connectivity index (χ3v) is 11.0. The first-order valence-corrected chi connectivity index (χ1v) is 17.3. The first-order chi connectivity index (χ1) is 24.1. The van der Waals surface area contributed by atoms with Crippen LogP contribution in [-0.4, -0.2) is 0 Å². The molecule has 0 bridgehead atoms. The molecule has 0 aromatic heterocycles. The summed E-state index contributed by atoms with van der Waals surface area (Å²) in [6, 6.07) is 63.2. The molecule has 9 aromatic rings. The van der Waals surface area contributed by atoms with Gasteiger partial charge in [-0.1, -0.05) is 166 Å². The van der Waals surface area contributed by atoms with Crippen molar-refractivity contribution in [2.45, 2.75) is 19.3 Å². The van der Waals surface area contributed by atoms with Crippen LogP contribution in [0, 0.1) is 0 Å². The minimum absolute atomic E-state index is 0.0552. The maximum absolute atomic E-state index is 2.47. The Morgan fingerprint density at radius 1 is 0.306 bits per heavy atom. The summed E-state index contributed by atoms with van der Waals surface area (Å²) < 4.78 is 0. The average molecular weight is 623 g/mol. The van der Waals surface area contributed by atoms with E-state index >= 15 is 0 Å². The van der Waals surface area contributed by atoms with Gasteiger partial charge in [0.25, 0.3) is 0 Å². The van der Waals surface area contributed by atoms with Crippen molar-refractivity contribution in [3.05, 3.63) is 181 Å². The van der Waals surface area contributed by atoms with Gasteiger partial charge in [0.2, 0.25) is 0 Å².